The fourth-order valence-corrected chi connectivity index (χ4v) is 1.96. The number of nitriles is 1. The molecule has 0 bridgehead atoms. The van der Waals surface area contributed by atoms with Crippen LogP contribution in [0.5, 0.6) is 11.6 Å². The van der Waals surface area contributed by atoms with Crippen LogP contribution in [0.3, 0.4) is 0 Å². The van der Waals surface area contributed by atoms with E-state index in [4.69, 9.17) is 16.3 Å². The number of aryl methyl sites for hydroxylation is 3. The van der Waals surface area contributed by atoms with Crippen molar-refractivity contribution in [3.05, 3.63) is 51.7 Å². The van der Waals surface area contributed by atoms with Crippen molar-refractivity contribution in [1.29, 1.82) is 5.26 Å². The number of halogens is 1. The number of rotatable bonds is 2. The molecule has 2 aromatic rings. The summed E-state index contributed by atoms with van der Waals surface area (Å²) in [7, 11) is 0. The van der Waals surface area contributed by atoms with Gasteiger partial charge in [-0.25, -0.2) is 4.98 Å². The second-order valence-electron chi connectivity index (χ2n) is 4.38. The third kappa shape index (κ3) is 2.86. The molecule has 0 aliphatic carbocycles. The van der Waals surface area contributed by atoms with E-state index >= 15 is 0 Å². The molecular weight excluding hydrogens is 260 g/mol. The number of aromatic nitrogens is 1. The van der Waals surface area contributed by atoms with Gasteiger partial charge in [0.1, 0.15) is 17.4 Å². The van der Waals surface area contributed by atoms with Gasteiger partial charge >= 0.3 is 0 Å². The molecule has 1 aromatic carbocycles. The lowest BCUT2D eigenvalue weighted by Crippen LogP contribution is -1.98. The molecule has 96 valence electrons. The summed E-state index contributed by atoms with van der Waals surface area (Å²) in [6, 6.07) is 9.36. The molecule has 0 aliphatic heterocycles. The summed E-state index contributed by atoms with van der Waals surface area (Å²) in [6.07, 6.45) is 0. The van der Waals surface area contributed by atoms with Gasteiger partial charge in [0.2, 0.25) is 5.88 Å². The number of pyridine rings is 1. The lowest BCUT2D eigenvalue weighted by atomic mass is 10.1. The summed E-state index contributed by atoms with van der Waals surface area (Å²) in [6.45, 7) is 5.65. The molecule has 1 heterocycles. The molecule has 0 radical (unpaired) electrons. The molecule has 0 saturated heterocycles. The fourth-order valence-electron chi connectivity index (χ4n) is 1.80. The Balaban J connectivity index is 2.49. The van der Waals surface area contributed by atoms with E-state index in [-0.39, 0.29) is 0 Å². The molecule has 0 fully saturated rings. The van der Waals surface area contributed by atoms with Crippen LogP contribution in [0, 0.1) is 32.1 Å². The Bertz CT molecular complexity index is 675. The molecule has 0 amide bonds. The van der Waals surface area contributed by atoms with Gasteiger partial charge in [-0.2, -0.15) is 5.26 Å². The summed E-state index contributed by atoms with van der Waals surface area (Å²) >= 11 is 5.95. The summed E-state index contributed by atoms with van der Waals surface area (Å²) in [4.78, 5) is 4.28. The van der Waals surface area contributed by atoms with Gasteiger partial charge in [-0.1, -0.05) is 17.7 Å². The SMILES string of the molecule is Cc1cc(C)c(C#N)c(Oc2cc(Cl)ccc2C)n1. The number of ether oxygens (including phenoxy) is 1. The van der Waals surface area contributed by atoms with Gasteiger partial charge < -0.3 is 4.74 Å². The predicted molar refractivity (Wildman–Crippen MR) is 74.7 cm³/mol. The van der Waals surface area contributed by atoms with Crippen LogP contribution in [0.4, 0.5) is 0 Å². The Morgan fingerprint density at radius 2 is 1.89 bits per heavy atom. The molecule has 0 unspecified atom stereocenters. The first-order chi connectivity index (χ1) is 9.01. The highest BCUT2D eigenvalue weighted by atomic mass is 35.5. The Morgan fingerprint density at radius 3 is 2.58 bits per heavy atom. The van der Waals surface area contributed by atoms with Crippen LogP contribution in [0.15, 0.2) is 24.3 Å². The molecule has 4 heteroatoms. The van der Waals surface area contributed by atoms with Crippen LogP contribution < -0.4 is 4.74 Å². The van der Waals surface area contributed by atoms with Gasteiger partial charge in [0.15, 0.2) is 0 Å². The first-order valence-electron chi connectivity index (χ1n) is 5.83. The predicted octanol–water partition coefficient (Wildman–Crippen LogP) is 4.32. The molecule has 1 aromatic heterocycles. The van der Waals surface area contributed by atoms with E-state index in [9.17, 15) is 5.26 Å². The standard InChI is InChI=1S/C15H13ClN2O/c1-9-4-5-12(16)7-14(9)19-15-13(8-17)10(2)6-11(3)18-15/h4-7H,1-3H3. The second-order valence-corrected chi connectivity index (χ2v) is 4.82. The van der Waals surface area contributed by atoms with Crippen molar-refractivity contribution in [2.75, 3.05) is 0 Å². The first kappa shape index (κ1) is 13.4. The molecule has 0 N–H and O–H groups in total. The number of nitrogens with zero attached hydrogens (tertiary/aromatic N) is 2. The molecule has 19 heavy (non-hydrogen) atoms. The van der Waals surface area contributed by atoms with Crippen molar-refractivity contribution in [1.82, 2.24) is 4.98 Å². The molecule has 3 nitrogen and oxygen atoms in total. The van der Waals surface area contributed by atoms with Gasteiger partial charge in [-0.05, 0) is 50.1 Å². The zero-order valence-corrected chi connectivity index (χ0v) is 11.7. The van der Waals surface area contributed by atoms with E-state index < -0.39 is 0 Å². The van der Waals surface area contributed by atoms with E-state index in [1.165, 1.54) is 0 Å². The summed E-state index contributed by atoms with van der Waals surface area (Å²) in [5.41, 5.74) is 3.05. The topological polar surface area (TPSA) is 45.9 Å². The maximum Gasteiger partial charge on any atom is 0.237 e. The van der Waals surface area contributed by atoms with Crippen LogP contribution in [0.25, 0.3) is 0 Å². The molecule has 2 rings (SSSR count). The zero-order valence-electron chi connectivity index (χ0n) is 11.0. The van der Waals surface area contributed by atoms with Crippen molar-refractivity contribution >= 4 is 11.6 Å². The van der Waals surface area contributed by atoms with Crippen molar-refractivity contribution in [3.8, 4) is 17.7 Å². The average Bonchev–Trinajstić information content (AvgIpc) is 2.33. The van der Waals surface area contributed by atoms with Crippen molar-refractivity contribution in [2.24, 2.45) is 0 Å². The largest absolute Gasteiger partial charge is 0.437 e. The van der Waals surface area contributed by atoms with Crippen LogP contribution in [-0.4, -0.2) is 4.98 Å². The minimum atomic E-state index is 0.324. The Morgan fingerprint density at radius 1 is 1.16 bits per heavy atom. The van der Waals surface area contributed by atoms with E-state index in [0.717, 1.165) is 16.8 Å². The Hall–Kier alpha value is -2.05. The second kappa shape index (κ2) is 5.29. The smallest absolute Gasteiger partial charge is 0.237 e. The normalized spacial score (nSPS) is 10.1. The van der Waals surface area contributed by atoms with Gasteiger partial charge in [0.05, 0.1) is 0 Å². The van der Waals surface area contributed by atoms with Gasteiger partial charge in [-0.15, -0.1) is 0 Å². The molecule has 0 atom stereocenters. The molecule has 0 aliphatic rings. The summed E-state index contributed by atoms with van der Waals surface area (Å²) in [5, 5.41) is 9.78. The highest BCUT2D eigenvalue weighted by Crippen LogP contribution is 2.30. The quantitative estimate of drug-likeness (QED) is 0.818. The van der Waals surface area contributed by atoms with E-state index in [2.05, 4.69) is 11.1 Å². The minimum Gasteiger partial charge on any atom is -0.437 e. The van der Waals surface area contributed by atoms with Gasteiger partial charge in [0.25, 0.3) is 0 Å². The molecule has 0 saturated carbocycles. The average molecular weight is 273 g/mol. The first-order valence-corrected chi connectivity index (χ1v) is 6.21. The lowest BCUT2D eigenvalue weighted by molar-refractivity contribution is 0.456. The van der Waals surface area contributed by atoms with Crippen molar-refractivity contribution < 1.29 is 4.74 Å². The maximum atomic E-state index is 9.20. The Labute approximate surface area is 117 Å². The number of hydrogen-bond acceptors (Lipinski definition) is 3. The van der Waals surface area contributed by atoms with Crippen LogP contribution in [-0.2, 0) is 0 Å². The van der Waals surface area contributed by atoms with Gasteiger partial charge in [-0.3, -0.25) is 0 Å². The van der Waals surface area contributed by atoms with Crippen molar-refractivity contribution in [2.45, 2.75) is 20.8 Å². The van der Waals surface area contributed by atoms with Crippen molar-refractivity contribution in [3.63, 3.8) is 0 Å². The van der Waals surface area contributed by atoms with Crippen LogP contribution >= 0.6 is 11.6 Å². The van der Waals surface area contributed by atoms with E-state index in [1.807, 2.05) is 32.9 Å². The van der Waals surface area contributed by atoms with E-state index in [1.54, 1.807) is 12.1 Å². The minimum absolute atomic E-state index is 0.324. The highest BCUT2D eigenvalue weighted by molar-refractivity contribution is 6.30. The van der Waals surface area contributed by atoms with E-state index in [0.29, 0.717) is 22.2 Å². The maximum absolute atomic E-state index is 9.20. The van der Waals surface area contributed by atoms with Crippen LogP contribution in [0.2, 0.25) is 5.02 Å². The molecular formula is C15H13ClN2O. The van der Waals surface area contributed by atoms with Gasteiger partial charge in [0, 0.05) is 10.7 Å². The number of benzene rings is 1. The third-order valence-corrected chi connectivity index (χ3v) is 3.02. The summed E-state index contributed by atoms with van der Waals surface area (Å²) < 4.78 is 5.76. The lowest BCUT2D eigenvalue weighted by Gasteiger charge is -2.11. The third-order valence-electron chi connectivity index (χ3n) is 2.78. The highest BCUT2D eigenvalue weighted by Gasteiger charge is 2.12. The number of hydrogen-bond donors (Lipinski definition) is 0. The monoisotopic (exact) mass is 272 g/mol. The van der Waals surface area contributed by atoms with Crippen LogP contribution in [0.1, 0.15) is 22.4 Å². The zero-order chi connectivity index (χ0) is 14.0. The molecule has 0 spiro atoms. The summed E-state index contributed by atoms with van der Waals surface area (Å²) in [5.74, 6) is 0.937. The fraction of sp³-hybridized carbons (Fsp3) is 0.200. The Kier molecular flexibility index (Phi) is 3.73.